The molecule has 0 spiro atoms. The molecule has 302 valence electrons. The first-order valence-electron chi connectivity index (χ1n) is 18.5. The first kappa shape index (κ1) is 43.3. The first-order chi connectivity index (χ1) is 26.9. The number of hydrogen-bond donors (Lipinski definition) is 6. The molecule has 2 aliphatic heterocycles. The molecule has 4 rings (SSSR count). The van der Waals surface area contributed by atoms with E-state index in [1.54, 1.807) is 6.92 Å². The largest absolute Gasteiger partial charge is 0.441 e. The van der Waals surface area contributed by atoms with Gasteiger partial charge in [-0.3, -0.25) is 24.5 Å². The number of fused-ring (bicyclic) bond motifs is 1. The van der Waals surface area contributed by atoms with E-state index in [0.717, 1.165) is 50.0 Å². The third kappa shape index (κ3) is 13.1. The molecule has 0 saturated carbocycles. The molecule has 18 heteroatoms. The highest BCUT2D eigenvalue weighted by Crippen LogP contribution is 2.33. The highest BCUT2D eigenvalue weighted by atomic mass is 32.2. The van der Waals surface area contributed by atoms with Crippen molar-refractivity contribution >= 4 is 47.3 Å². The number of benzene rings is 2. The van der Waals surface area contributed by atoms with Gasteiger partial charge in [-0.05, 0) is 63.3 Å². The van der Waals surface area contributed by atoms with Gasteiger partial charge in [-0.2, -0.15) is 11.8 Å². The molecule has 0 radical (unpaired) electrons. The third-order valence-corrected chi connectivity index (χ3v) is 10.8. The lowest BCUT2D eigenvalue weighted by molar-refractivity contribution is -0.386. The highest BCUT2D eigenvalue weighted by molar-refractivity contribution is 8.00. The Balaban J connectivity index is 1.13. The van der Waals surface area contributed by atoms with Crippen LogP contribution in [0, 0.1) is 33.6 Å². The zero-order valence-corrected chi connectivity index (χ0v) is 32.1. The molecule has 6 N–H and O–H groups in total. The van der Waals surface area contributed by atoms with E-state index >= 15 is 0 Å². The van der Waals surface area contributed by atoms with Gasteiger partial charge in [0.15, 0.2) is 0 Å². The van der Waals surface area contributed by atoms with Crippen LogP contribution in [0.1, 0.15) is 98.4 Å². The predicted octanol–water partition coefficient (Wildman–Crippen LogP) is 4.63. The zero-order valence-electron chi connectivity index (χ0n) is 31.3. The summed E-state index contributed by atoms with van der Waals surface area (Å²) in [5.74, 6) is 2.98. The lowest BCUT2D eigenvalue weighted by Crippen LogP contribution is -2.36. The number of halogens is 2. The van der Waals surface area contributed by atoms with Gasteiger partial charge in [0.2, 0.25) is 11.8 Å². The molecule has 4 atom stereocenters. The fourth-order valence-electron chi connectivity index (χ4n) is 6.32. The van der Waals surface area contributed by atoms with Crippen molar-refractivity contribution < 1.29 is 42.4 Å². The van der Waals surface area contributed by atoms with E-state index in [1.165, 1.54) is 25.1 Å². The molecule has 2 heterocycles. The van der Waals surface area contributed by atoms with Gasteiger partial charge in [0.25, 0.3) is 11.6 Å². The van der Waals surface area contributed by atoms with E-state index in [1.807, 2.05) is 11.8 Å². The fourth-order valence-corrected chi connectivity index (χ4v) is 7.86. The van der Waals surface area contributed by atoms with Crippen molar-refractivity contribution in [3.05, 3.63) is 74.3 Å². The number of nitro benzene ring substituents is 1. The molecular weight excluding hydrogens is 753 g/mol. The topological polar surface area (TPSA) is 210 Å². The Hall–Kier alpha value is -5.44. The Morgan fingerprint density at radius 3 is 2.39 bits per heavy atom. The molecule has 6 amide bonds. The van der Waals surface area contributed by atoms with Crippen LogP contribution in [-0.4, -0.2) is 70.9 Å². The molecular formula is C38H47F2N7O8S. The Kier molecular flexibility index (Phi) is 16.7. The summed E-state index contributed by atoms with van der Waals surface area (Å²) < 4.78 is 34.6. The Labute approximate surface area is 327 Å². The van der Waals surface area contributed by atoms with Crippen molar-refractivity contribution in [1.82, 2.24) is 31.9 Å². The van der Waals surface area contributed by atoms with Crippen LogP contribution in [0.2, 0.25) is 0 Å². The quantitative estimate of drug-likeness (QED) is 0.0362. The number of thioether (sulfide) groups is 1. The molecule has 0 aromatic heterocycles. The smallest absolute Gasteiger partial charge is 0.408 e. The van der Waals surface area contributed by atoms with E-state index < -0.39 is 46.8 Å². The number of urea groups is 1. The van der Waals surface area contributed by atoms with Crippen LogP contribution in [0.4, 0.5) is 24.1 Å². The molecule has 2 aromatic carbocycles. The second-order valence-electron chi connectivity index (χ2n) is 13.4. The number of nitro groups is 1. The van der Waals surface area contributed by atoms with E-state index in [2.05, 4.69) is 43.7 Å². The van der Waals surface area contributed by atoms with Gasteiger partial charge in [-0.15, -0.1) is 5.92 Å². The van der Waals surface area contributed by atoms with Gasteiger partial charge < -0.3 is 36.6 Å². The molecule has 2 saturated heterocycles. The highest BCUT2D eigenvalue weighted by Gasteiger charge is 2.42. The SMILES string of the molecule is CC#CCNC(=O)c1cc(F)c(CNC(=O)OC(C)c2cc(CNC(=O)CCCCCNC(=O)CCCCC3SCC4NC(=O)NC43)ccc2[N+](=O)[O-])c(F)c1. The van der Waals surface area contributed by atoms with E-state index in [4.69, 9.17) is 4.74 Å². The number of alkyl carbamates (subject to hydrolysis) is 1. The summed E-state index contributed by atoms with van der Waals surface area (Å²) in [4.78, 5) is 71.9. The number of carbonyl (C=O) groups excluding carboxylic acids is 5. The standard InChI is InChI=1S/C38H47F2N7O8S/c1-3-4-15-42-36(50)25-18-28(39)27(29(40)19-25)21-44-38(52)55-23(2)26-17-24(13-14-31(26)47(53)54)20-43-34(49)11-6-5-9-16-41-33(48)12-8-7-10-32-35-30(22-56-32)45-37(51)46-35/h13-14,17-19,23,30,32,35H,5-12,15-16,20-22H2,1-2H3,(H,41,48)(H,42,50)(H,43,49)(H,44,52)(H2,45,46,51). The minimum atomic E-state index is -1.15. The van der Waals surface area contributed by atoms with Crippen LogP contribution < -0.4 is 31.9 Å². The first-order valence-corrected chi connectivity index (χ1v) is 19.5. The van der Waals surface area contributed by atoms with Crippen molar-refractivity contribution in [3.8, 4) is 11.8 Å². The average Bonchev–Trinajstić information content (AvgIpc) is 3.72. The maximum absolute atomic E-state index is 14.6. The number of amides is 6. The third-order valence-electron chi connectivity index (χ3n) is 9.31. The number of ether oxygens (including phenoxy) is 1. The number of hydrogen-bond acceptors (Lipinski definition) is 9. The minimum Gasteiger partial charge on any atom is -0.441 e. The lowest BCUT2D eigenvalue weighted by Gasteiger charge is -2.16. The maximum Gasteiger partial charge on any atom is 0.408 e. The van der Waals surface area contributed by atoms with Crippen LogP contribution in [-0.2, 0) is 27.4 Å². The summed E-state index contributed by atoms with van der Waals surface area (Å²) in [5, 5.41) is 28.3. The van der Waals surface area contributed by atoms with Crippen LogP contribution in [0.3, 0.4) is 0 Å². The second kappa shape index (κ2) is 21.6. The van der Waals surface area contributed by atoms with Gasteiger partial charge in [0, 0.05) is 54.1 Å². The maximum atomic E-state index is 14.6. The van der Waals surface area contributed by atoms with E-state index in [0.29, 0.717) is 30.2 Å². The van der Waals surface area contributed by atoms with Gasteiger partial charge in [0.1, 0.15) is 17.7 Å². The van der Waals surface area contributed by atoms with Crippen LogP contribution in [0.5, 0.6) is 0 Å². The summed E-state index contributed by atoms with van der Waals surface area (Å²) in [5.41, 5.74) is -0.564. The van der Waals surface area contributed by atoms with Crippen LogP contribution in [0.25, 0.3) is 0 Å². The number of nitrogens with one attached hydrogen (secondary N) is 6. The molecule has 15 nitrogen and oxygen atoms in total. The van der Waals surface area contributed by atoms with Gasteiger partial charge in [0.05, 0.1) is 35.7 Å². The van der Waals surface area contributed by atoms with Crippen LogP contribution in [0.15, 0.2) is 30.3 Å². The average molecular weight is 800 g/mol. The minimum absolute atomic E-state index is 0.00128. The van der Waals surface area contributed by atoms with Crippen LogP contribution >= 0.6 is 11.8 Å². The number of nitrogens with zero attached hydrogens (tertiary/aromatic N) is 1. The number of unbranched alkanes of at least 4 members (excludes halogenated alkanes) is 3. The normalized spacial score (nSPS) is 17.3. The van der Waals surface area contributed by atoms with Gasteiger partial charge >= 0.3 is 12.1 Å². The Morgan fingerprint density at radius 1 is 0.964 bits per heavy atom. The predicted molar refractivity (Wildman–Crippen MR) is 204 cm³/mol. The Bertz CT molecular complexity index is 1820. The van der Waals surface area contributed by atoms with Crippen molar-refractivity contribution in [2.24, 2.45) is 0 Å². The summed E-state index contributed by atoms with van der Waals surface area (Å²) in [6.45, 7) is 2.91. The number of carbonyl (C=O) groups is 5. The second-order valence-corrected chi connectivity index (χ2v) is 14.7. The van der Waals surface area contributed by atoms with E-state index in [-0.39, 0.29) is 66.3 Å². The summed E-state index contributed by atoms with van der Waals surface area (Å²) >= 11 is 1.86. The van der Waals surface area contributed by atoms with Crippen molar-refractivity contribution in [1.29, 1.82) is 0 Å². The van der Waals surface area contributed by atoms with Gasteiger partial charge in [-0.25, -0.2) is 18.4 Å². The zero-order chi connectivity index (χ0) is 40.6. The van der Waals surface area contributed by atoms with Crippen molar-refractivity contribution in [2.45, 2.75) is 102 Å². The van der Waals surface area contributed by atoms with E-state index in [9.17, 15) is 42.9 Å². The summed E-state index contributed by atoms with van der Waals surface area (Å²) in [7, 11) is 0. The molecule has 2 aliphatic rings. The molecule has 0 aliphatic carbocycles. The van der Waals surface area contributed by atoms with Crippen molar-refractivity contribution in [2.75, 3.05) is 18.8 Å². The summed E-state index contributed by atoms with van der Waals surface area (Å²) in [6, 6.07) is 6.05. The summed E-state index contributed by atoms with van der Waals surface area (Å²) in [6.07, 6.45) is 3.12. The Morgan fingerprint density at radius 2 is 1.68 bits per heavy atom. The van der Waals surface area contributed by atoms with Crippen molar-refractivity contribution in [3.63, 3.8) is 0 Å². The molecule has 4 unspecified atom stereocenters. The molecule has 0 bridgehead atoms. The molecule has 2 fully saturated rings. The number of rotatable bonds is 20. The molecule has 2 aromatic rings. The molecule has 56 heavy (non-hydrogen) atoms. The monoisotopic (exact) mass is 799 g/mol. The van der Waals surface area contributed by atoms with Gasteiger partial charge in [-0.1, -0.05) is 24.8 Å². The lowest BCUT2D eigenvalue weighted by atomic mass is 10.0. The fraction of sp³-hybridized carbons (Fsp3) is 0.500.